The van der Waals surface area contributed by atoms with Crippen LogP contribution in [0.1, 0.15) is 32.1 Å². The molecule has 0 amide bonds. The van der Waals surface area contributed by atoms with Gasteiger partial charge in [-0.05, 0) is 37.7 Å². The quantitative estimate of drug-likeness (QED) is 0.625. The third-order valence-electron chi connectivity index (χ3n) is 2.31. The Balaban J connectivity index is 0.000000213. The molecule has 2 aliphatic carbocycles. The summed E-state index contributed by atoms with van der Waals surface area (Å²) < 4.78 is 0. The first-order chi connectivity index (χ1) is 5.88. The number of halogens is 2. The van der Waals surface area contributed by atoms with Crippen molar-refractivity contribution in [3.63, 3.8) is 0 Å². The molecular formula is C9H12Cl2Zr. The average Bonchev–Trinajstić information content (AvgIpc) is 2.52. The van der Waals surface area contributed by atoms with E-state index in [-0.39, 0.29) is 0 Å². The van der Waals surface area contributed by atoms with Gasteiger partial charge in [-0.2, -0.15) is 0 Å². The van der Waals surface area contributed by atoms with E-state index in [4.69, 9.17) is 17.0 Å². The number of allylic oxidation sites excluding steroid dienone is 4. The minimum atomic E-state index is -0.826. The Morgan fingerprint density at radius 1 is 1.17 bits per heavy atom. The van der Waals surface area contributed by atoms with Crippen molar-refractivity contribution in [1.29, 1.82) is 0 Å². The molecule has 0 atom stereocenters. The van der Waals surface area contributed by atoms with Gasteiger partial charge in [0, 0.05) is 0 Å². The normalized spacial score (nSPS) is 19.8. The Hall–Kier alpha value is 0.943. The standard InChI is InChI=1S/C9H12.2ClH.Zr/c1-2-5-9-7-3-6-8(9)4-1;;;/h3,6H,1-2,4-5,7H2;2*1H;/q;;;+2/p-2. The van der Waals surface area contributed by atoms with Crippen molar-refractivity contribution in [2.45, 2.75) is 32.1 Å². The van der Waals surface area contributed by atoms with Crippen LogP contribution in [0.5, 0.6) is 0 Å². The van der Waals surface area contributed by atoms with Crippen molar-refractivity contribution in [3.05, 3.63) is 23.3 Å². The molecule has 2 rings (SSSR count). The van der Waals surface area contributed by atoms with E-state index in [0.717, 1.165) is 0 Å². The Morgan fingerprint density at radius 2 is 1.83 bits per heavy atom. The van der Waals surface area contributed by atoms with E-state index >= 15 is 0 Å². The van der Waals surface area contributed by atoms with Crippen LogP contribution < -0.4 is 0 Å². The van der Waals surface area contributed by atoms with Crippen LogP contribution in [-0.4, -0.2) is 0 Å². The zero-order chi connectivity index (χ0) is 8.81. The molecule has 0 aromatic rings. The van der Waals surface area contributed by atoms with Gasteiger partial charge in [-0.1, -0.05) is 17.7 Å². The van der Waals surface area contributed by atoms with E-state index in [1.807, 2.05) is 0 Å². The summed E-state index contributed by atoms with van der Waals surface area (Å²) in [5.74, 6) is 0. The first kappa shape index (κ1) is 11.0. The summed E-state index contributed by atoms with van der Waals surface area (Å²) >= 11 is -0.826. The van der Waals surface area contributed by atoms with Crippen LogP contribution in [0.25, 0.3) is 0 Å². The Morgan fingerprint density at radius 3 is 2.50 bits per heavy atom. The summed E-state index contributed by atoms with van der Waals surface area (Å²) in [4.78, 5) is 0. The van der Waals surface area contributed by atoms with Crippen molar-refractivity contribution in [3.8, 4) is 0 Å². The van der Waals surface area contributed by atoms with Crippen LogP contribution >= 0.6 is 17.0 Å². The van der Waals surface area contributed by atoms with E-state index in [9.17, 15) is 0 Å². The fourth-order valence-corrected chi connectivity index (χ4v) is 1.77. The van der Waals surface area contributed by atoms with Crippen molar-refractivity contribution >= 4 is 17.0 Å². The number of rotatable bonds is 0. The molecule has 0 heterocycles. The van der Waals surface area contributed by atoms with Crippen LogP contribution in [0.2, 0.25) is 0 Å². The molecule has 0 bridgehead atoms. The molecule has 12 heavy (non-hydrogen) atoms. The Kier molecular flexibility index (Phi) is 5.88. The summed E-state index contributed by atoms with van der Waals surface area (Å²) in [7, 11) is 9.87. The molecule has 0 nitrogen and oxygen atoms in total. The van der Waals surface area contributed by atoms with Gasteiger partial charge in [0.1, 0.15) is 0 Å². The third-order valence-corrected chi connectivity index (χ3v) is 2.31. The first-order valence-corrected chi connectivity index (χ1v) is 10.5. The van der Waals surface area contributed by atoms with Crippen molar-refractivity contribution in [1.82, 2.24) is 0 Å². The van der Waals surface area contributed by atoms with Gasteiger partial charge in [-0.15, -0.1) is 0 Å². The number of hydrogen-bond acceptors (Lipinski definition) is 0. The van der Waals surface area contributed by atoms with Crippen molar-refractivity contribution < 1.29 is 20.8 Å². The van der Waals surface area contributed by atoms with Gasteiger partial charge in [0.05, 0.1) is 0 Å². The van der Waals surface area contributed by atoms with E-state index in [1.165, 1.54) is 32.1 Å². The van der Waals surface area contributed by atoms with E-state index in [2.05, 4.69) is 12.2 Å². The van der Waals surface area contributed by atoms with Crippen LogP contribution in [-0.2, 0) is 20.8 Å². The SMILES string of the molecule is C1=CC2=C(C1)CCCC2.[Cl][Zr][Cl]. The Bertz CT molecular complexity index is 197. The van der Waals surface area contributed by atoms with Gasteiger partial charge in [-0.3, -0.25) is 0 Å². The predicted octanol–water partition coefficient (Wildman–Crippen LogP) is 4.19. The van der Waals surface area contributed by atoms with Crippen LogP contribution in [0.3, 0.4) is 0 Å². The maximum absolute atomic E-state index is 4.93. The van der Waals surface area contributed by atoms with Gasteiger partial charge in [-0.25, -0.2) is 0 Å². The van der Waals surface area contributed by atoms with E-state index < -0.39 is 20.8 Å². The first-order valence-electron chi connectivity index (χ1n) is 4.22. The predicted molar refractivity (Wildman–Crippen MR) is 51.0 cm³/mol. The molecule has 0 saturated heterocycles. The van der Waals surface area contributed by atoms with Crippen molar-refractivity contribution in [2.75, 3.05) is 0 Å². The summed E-state index contributed by atoms with van der Waals surface area (Å²) in [5.41, 5.74) is 3.38. The number of hydrogen-bond donors (Lipinski definition) is 0. The van der Waals surface area contributed by atoms with Crippen LogP contribution in [0.15, 0.2) is 23.3 Å². The minimum absolute atomic E-state index is 0.826. The average molecular weight is 282 g/mol. The molecule has 0 spiro atoms. The summed E-state index contributed by atoms with van der Waals surface area (Å²) in [6.07, 6.45) is 11.5. The molecule has 0 saturated carbocycles. The van der Waals surface area contributed by atoms with Gasteiger partial charge in [0.2, 0.25) is 0 Å². The van der Waals surface area contributed by atoms with Gasteiger partial charge in [0.15, 0.2) is 0 Å². The molecule has 0 N–H and O–H groups in total. The summed E-state index contributed by atoms with van der Waals surface area (Å²) in [5, 5.41) is 0. The monoisotopic (exact) mass is 280 g/mol. The second-order valence-electron chi connectivity index (χ2n) is 3.01. The van der Waals surface area contributed by atoms with E-state index in [1.54, 1.807) is 11.1 Å². The van der Waals surface area contributed by atoms with Gasteiger partial charge in [0.25, 0.3) is 0 Å². The van der Waals surface area contributed by atoms with Gasteiger partial charge >= 0.3 is 37.9 Å². The molecule has 3 heteroatoms. The van der Waals surface area contributed by atoms with E-state index in [0.29, 0.717) is 0 Å². The molecule has 0 aliphatic heterocycles. The molecular weight excluding hydrogens is 270 g/mol. The molecule has 2 aliphatic rings. The summed E-state index contributed by atoms with van der Waals surface area (Å²) in [6.45, 7) is 0. The molecule has 0 fully saturated rings. The van der Waals surface area contributed by atoms with Gasteiger partial charge < -0.3 is 0 Å². The van der Waals surface area contributed by atoms with Crippen LogP contribution in [0.4, 0.5) is 0 Å². The second kappa shape index (κ2) is 6.40. The zero-order valence-corrected chi connectivity index (χ0v) is 10.9. The fourth-order valence-electron chi connectivity index (χ4n) is 1.77. The third kappa shape index (κ3) is 3.36. The molecule has 0 aromatic heterocycles. The molecule has 0 unspecified atom stereocenters. The fraction of sp³-hybridized carbons (Fsp3) is 0.556. The topological polar surface area (TPSA) is 0 Å². The molecule has 66 valence electrons. The second-order valence-corrected chi connectivity index (χ2v) is 6.75. The Labute approximate surface area is 92.7 Å². The molecule has 0 aromatic carbocycles. The zero-order valence-electron chi connectivity index (χ0n) is 6.95. The summed E-state index contributed by atoms with van der Waals surface area (Å²) in [6, 6.07) is 0. The maximum atomic E-state index is 4.93. The molecule has 0 radical (unpaired) electrons. The van der Waals surface area contributed by atoms with Crippen molar-refractivity contribution in [2.24, 2.45) is 0 Å². The van der Waals surface area contributed by atoms with Crippen LogP contribution in [0, 0.1) is 0 Å².